The minimum Gasteiger partial charge on any atom is -0.348 e. The molecule has 0 spiro atoms. The van der Waals surface area contributed by atoms with Crippen LogP contribution in [-0.4, -0.2) is 57.0 Å². The van der Waals surface area contributed by atoms with Crippen LogP contribution in [0.4, 0.5) is 5.69 Å². The molecule has 3 amide bonds. The lowest BCUT2D eigenvalue weighted by atomic mass is 10.2. The van der Waals surface area contributed by atoms with Gasteiger partial charge in [0.05, 0.1) is 6.54 Å². The average molecular weight is 370 g/mol. The van der Waals surface area contributed by atoms with Crippen molar-refractivity contribution in [2.24, 2.45) is 0 Å². The molecule has 0 saturated carbocycles. The van der Waals surface area contributed by atoms with Gasteiger partial charge >= 0.3 is 11.8 Å². The molecule has 2 aromatic rings. The lowest BCUT2D eigenvalue weighted by molar-refractivity contribution is -0.136. The molecule has 9 nitrogen and oxygen atoms in total. The topological polar surface area (TPSA) is 109 Å². The summed E-state index contributed by atoms with van der Waals surface area (Å²) in [6.45, 7) is 2.31. The molecule has 1 aliphatic heterocycles. The highest BCUT2D eigenvalue weighted by molar-refractivity contribution is 6.39. The van der Waals surface area contributed by atoms with E-state index < -0.39 is 11.8 Å². The van der Waals surface area contributed by atoms with E-state index in [0.29, 0.717) is 38.2 Å². The van der Waals surface area contributed by atoms with Crippen LogP contribution >= 0.6 is 0 Å². The van der Waals surface area contributed by atoms with Crippen LogP contribution in [0, 0.1) is 0 Å². The molecule has 3 rings (SSSR count). The number of benzene rings is 1. The second-order valence-corrected chi connectivity index (χ2v) is 6.34. The summed E-state index contributed by atoms with van der Waals surface area (Å²) in [5.41, 5.74) is 1.54. The average Bonchev–Trinajstić information content (AvgIpc) is 3.32. The molecule has 1 aromatic carbocycles. The van der Waals surface area contributed by atoms with Gasteiger partial charge in [-0.15, -0.1) is 0 Å². The van der Waals surface area contributed by atoms with Crippen LogP contribution in [0.15, 0.2) is 36.9 Å². The van der Waals surface area contributed by atoms with Crippen LogP contribution in [0.3, 0.4) is 0 Å². The number of carbonyl (C=O) groups excluding carboxylic acids is 3. The Bertz CT molecular complexity index is 788. The highest BCUT2D eigenvalue weighted by Crippen LogP contribution is 2.11. The van der Waals surface area contributed by atoms with Crippen molar-refractivity contribution in [1.29, 1.82) is 0 Å². The van der Waals surface area contributed by atoms with Crippen molar-refractivity contribution < 1.29 is 14.4 Å². The first-order valence-corrected chi connectivity index (χ1v) is 8.90. The summed E-state index contributed by atoms with van der Waals surface area (Å²) in [6, 6.07) is 7.16. The van der Waals surface area contributed by atoms with Crippen LogP contribution in [0.2, 0.25) is 0 Å². The van der Waals surface area contributed by atoms with Gasteiger partial charge in [-0.3, -0.25) is 14.4 Å². The minimum atomic E-state index is -0.712. The fourth-order valence-electron chi connectivity index (χ4n) is 2.88. The zero-order valence-electron chi connectivity index (χ0n) is 14.9. The smallest absolute Gasteiger partial charge is 0.313 e. The molecule has 0 radical (unpaired) electrons. The van der Waals surface area contributed by atoms with E-state index in [1.807, 2.05) is 12.1 Å². The largest absolute Gasteiger partial charge is 0.348 e. The minimum absolute atomic E-state index is 0.159. The maximum absolute atomic E-state index is 11.9. The molecule has 0 bridgehead atoms. The highest BCUT2D eigenvalue weighted by Gasteiger charge is 2.19. The Morgan fingerprint density at radius 3 is 2.63 bits per heavy atom. The summed E-state index contributed by atoms with van der Waals surface area (Å²) in [5, 5.41) is 9.17. The Morgan fingerprint density at radius 2 is 1.96 bits per heavy atom. The van der Waals surface area contributed by atoms with E-state index in [1.54, 1.807) is 28.0 Å². The van der Waals surface area contributed by atoms with E-state index in [2.05, 4.69) is 20.7 Å². The zero-order valence-corrected chi connectivity index (χ0v) is 14.9. The maximum atomic E-state index is 11.9. The van der Waals surface area contributed by atoms with Crippen LogP contribution in [0.1, 0.15) is 24.8 Å². The standard InChI is InChI=1S/C18H22N6O3/c25-16-3-1-9-23(16)10-2-8-20-17(26)18(27)22-15-6-4-14(5-7-15)11-24-13-19-12-21-24/h4-7,12-13H,1-3,8-11H2,(H,20,26)(H,22,27). The monoisotopic (exact) mass is 370 g/mol. The van der Waals surface area contributed by atoms with Crippen molar-refractivity contribution in [3.05, 3.63) is 42.5 Å². The number of nitrogens with zero attached hydrogens (tertiary/aromatic N) is 4. The van der Waals surface area contributed by atoms with Gasteiger partial charge in [-0.05, 0) is 30.5 Å². The summed E-state index contributed by atoms with van der Waals surface area (Å²) in [4.78, 5) is 41.0. The van der Waals surface area contributed by atoms with Gasteiger partial charge in [-0.1, -0.05) is 12.1 Å². The molecule has 2 N–H and O–H groups in total. The molecule has 9 heteroatoms. The highest BCUT2D eigenvalue weighted by atomic mass is 16.2. The normalized spacial score (nSPS) is 13.6. The fraction of sp³-hybridized carbons (Fsp3) is 0.389. The Hall–Kier alpha value is -3.23. The van der Waals surface area contributed by atoms with Gasteiger partial charge in [0.2, 0.25) is 5.91 Å². The summed E-state index contributed by atoms with van der Waals surface area (Å²) in [7, 11) is 0. The Morgan fingerprint density at radius 1 is 1.15 bits per heavy atom. The molecule has 0 unspecified atom stereocenters. The molecule has 1 aliphatic rings. The number of anilines is 1. The summed E-state index contributed by atoms with van der Waals surface area (Å²) in [5.74, 6) is -1.24. The lowest BCUT2D eigenvalue weighted by Gasteiger charge is -2.15. The molecule has 1 aromatic heterocycles. The van der Waals surface area contributed by atoms with Gasteiger partial charge in [-0.25, -0.2) is 9.67 Å². The lowest BCUT2D eigenvalue weighted by Crippen LogP contribution is -2.37. The van der Waals surface area contributed by atoms with E-state index in [9.17, 15) is 14.4 Å². The Balaban J connectivity index is 1.38. The molecule has 1 fully saturated rings. The van der Waals surface area contributed by atoms with Gasteiger partial charge in [0.25, 0.3) is 0 Å². The third-order valence-electron chi connectivity index (χ3n) is 4.29. The summed E-state index contributed by atoms with van der Waals surface area (Å²) in [6.07, 6.45) is 5.22. The van der Waals surface area contributed by atoms with Crippen molar-refractivity contribution in [2.45, 2.75) is 25.8 Å². The molecule has 142 valence electrons. The molecule has 2 heterocycles. The Labute approximate surface area is 156 Å². The van der Waals surface area contributed by atoms with Gasteiger partial charge < -0.3 is 15.5 Å². The van der Waals surface area contributed by atoms with E-state index >= 15 is 0 Å². The molecule has 0 atom stereocenters. The number of rotatable bonds is 7. The Kier molecular flexibility index (Phi) is 6.14. The number of amides is 3. The second kappa shape index (κ2) is 8.93. The van der Waals surface area contributed by atoms with Crippen LogP contribution in [0.25, 0.3) is 0 Å². The van der Waals surface area contributed by atoms with Gasteiger partial charge in [0, 0.05) is 31.7 Å². The van der Waals surface area contributed by atoms with Crippen molar-refractivity contribution in [1.82, 2.24) is 25.0 Å². The number of hydrogen-bond donors (Lipinski definition) is 2. The van der Waals surface area contributed by atoms with Crippen molar-refractivity contribution >= 4 is 23.4 Å². The van der Waals surface area contributed by atoms with Crippen molar-refractivity contribution in [3.8, 4) is 0 Å². The molecular weight excluding hydrogens is 348 g/mol. The zero-order chi connectivity index (χ0) is 19.1. The maximum Gasteiger partial charge on any atom is 0.313 e. The first kappa shape index (κ1) is 18.6. The predicted octanol–water partition coefficient (Wildman–Crippen LogP) is 0.394. The number of carbonyl (C=O) groups is 3. The quantitative estimate of drug-likeness (QED) is 0.541. The van der Waals surface area contributed by atoms with E-state index in [0.717, 1.165) is 18.5 Å². The van der Waals surface area contributed by atoms with Crippen LogP contribution in [0.5, 0.6) is 0 Å². The van der Waals surface area contributed by atoms with E-state index in [-0.39, 0.29) is 5.91 Å². The van der Waals surface area contributed by atoms with Crippen LogP contribution < -0.4 is 10.6 Å². The summed E-state index contributed by atoms with van der Waals surface area (Å²) >= 11 is 0. The third kappa shape index (κ3) is 5.37. The molecule has 0 aliphatic carbocycles. The van der Waals surface area contributed by atoms with Crippen LogP contribution in [-0.2, 0) is 20.9 Å². The SMILES string of the molecule is O=C(NCCCN1CCCC1=O)C(=O)Nc1ccc(Cn2cncn2)cc1. The first-order chi connectivity index (χ1) is 13.1. The van der Waals surface area contributed by atoms with E-state index in [1.165, 1.54) is 6.33 Å². The third-order valence-corrected chi connectivity index (χ3v) is 4.29. The first-order valence-electron chi connectivity index (χ1n) is 8.90. The number of nitrogens with one attached hydrogen (secondary N) is 2. The predicted molar refractivity (Wildman–Crippen MR) is 97.6 cm³/mol. The van der Waals surface area contributed by atoms with E-state index in [4.69, 9.17) is 0 Å². The summed E-state index contributed by atoms with van der Waals surface area (Å²) < 4.78 is 1.69. The molecule has 1 saturated heterocycles. The fourth-order valence-corrected chi connectivity index (χ4v) is 2.88. The van der Waals surface area contributed by atoms with Gasteiger partial charge in [-0.2, -0.15) is 5.10 Å². The molecule has 27 heavy (non-hydrogen) atoms. The molecular formula is C18H22N6O3. The second-order valence-electron chi connectivity index (χ2n) is 6.34. The number of likely N-dealkylation sites (tertiary alicyclic amines) is 1. The van der Waals surface area contributed by atoms with Crippen molar-refractivity contribution in [3.63, 3.8) is 0 Å². The van der Waals surface area contributed by atoms with Gasteiger partial charge in [0.1, 0.15) is 12.7 Å². The van der Waals surface area contributed by atoms with Gasteiger partial charge in [0.15, 0.2) is 0 Å². The number of aromatic nitrogens is 3. The number of hydrogen-bond acceptors (Lipinski definition) is 5. The van der Waals surface area contributed by atoms with Crippen molar-refractivity contribution in [2.75, 3.05) is 25.0 Å².